The summed E-state index contributed by atoms with van der Waals surface area (Å²) in [5.74, 6) is 0. The van der Waals surface area contributed by atoms with Crippen LogP contribution in [0.25, 0.3) is 10.9 Å². The van der Waals surface area contributed by atoms with Gasteiger partial charge in [0, 0.05) is 24.5 Å². The molecule has 5 nitrogen and oxygen atoms in total. The third-order valence-electron chi connectivity index (χ3n) is 3.74. The molecule has 0 saturated carbocycles. The average molecular weight is 281 g/mol. The predicted molar refractivity (Wildman–Crippen MR) is 82.9 cm³/mol. The lowest BCUT2D eigenvalue weighted by Gasteiger charge is -2.14. The van der Waals surface area contributed by atoms with Crippen molar-refractivity contribution in [2.45, 2.75) is 25.9 Å². The van der Waals surface area contributed by atoms with Crippen LogP contribution in [0.2, 0.25) is 0 Å². The van der Waals surface area contributed by atoms with E-state index in [1.54, 1.807) is 12.5 Å². The van der Waals surface area contributed by atoms with Crippen molar-refractivity contribution in [1.29, 1.82) is 0 Å². The fourth-order valence-electron chi connectivity index (χ4n) is 2.64. The van der Waals surface area contributed by atoms with E-state index < -0.39 is 0 Å². The first-order valence-corrected chi connectivity index (χ1v) is 7.21. The number of likely N-dealkylation sites (N-methyl/N-ethyl adjacent to an activating group) is 1. The molecule has 0 fully saturated rings. The fraction of sp³-hybridized carbons (Fsp3) is 0.312. The number of para-hydroxylation sites is 1. The largest absolute Gasteiger partial charge is 0.311 e. The zero-order valence-corrected chi connectivity index (χ0v) is 12.3. The van der Waals surface area contributed by atoms with Gasteiger partial charge in [0.1, 0.15) is 6.33 Å². The summed E-state index contributed by atoms with van der Waals surface area (Å²) in [4.78, 5) is 8.32. The van der Waals surface area contributed by atoms with Crippen LogP contribution in [0.4, 0.5) is 0 Å². The molecule has 2 heterocycles. The minimum Gasteiger partial charge on any atom is -0.311 e. The van der Waals surface area contributed by atoms with Crippen LogP contribution in [-0.2, 0) is 13.0 Å². The second-order valence-corrected chi connectivity index (χ2v) is 4.96. The molecule has 0 aliphatic rings. The molecule has 0 saturated heterocycles. The Morgan fingerprint density at radius 1 is 1.24 bits per heavy atom. The van der Waals surface area contributed by atoms with Crippen molar-refractivity contribution in [2.75, 3.05) is 7.05 Å². The Bertz CT molecular complexity index is 720. The van der Waals surface area contributed by atoms with Crippen LogP contribution in [0.3, 0.4) is 0 Å². The monoisotopic (exact) mass is 281 g/mol. The molecule has 0 radical (unpaired) electrons. The number of aromatic nitrogens is 4. The SMILES string of the molecule is CCn1nc(CC(NC)c2ccncn2)c2ccccc21. The van der Waals surface area contributed by atoms with Gasteiger partial charge in [-0.15, -0.1) is 0 Å². The smallest absolute Gasteiger partial charge is 0.115 e. The van der Waals surface area contributed by atoms with Crippen molar-refractivity contribution in [3.05, 3.63) is 54.2 Å². The molecule has 0 bridgehead atoms. The molecule has 0 amide bonds. The number of nitrogens with zero attached hydrogens (tertiary/aromatic N) is 4. The number of benzene rings is 1. The summed E-state index contributed by atoms with van der Waals surface area (Å²) in [5.41, 5.74) is 3.28. The highest BCUT2D eigenvalue weighted by Gasteiger charge is 2.16. The summed E-state index contributed by atoms with van der Waals surface area (Å²) in [6.45, 7) is 2.99. The third-order valence-corrected chi connectivity index (χ3v) is 3.74. The fourth-order valence-corrected chi connectivity index (χ4v) is 2.64. The predicted octanol–water partition coefficient (Wildman–Crippen LogP) is 2.35. The van der Waals surface area contributed by atoms with Crippen molar-refractivity contribution in [2.24, 2.45) is 0 Å². The van der Waals surface area contributed by atoms with Crippen LogP contribution in [0.1, 0.15) is 24.4 Å². The molecular weight excluding hydrogens is 262 g/mol. The van der Waals surface area contributed by atoms with Gasteiger partial charge in [-0.3, -0.25) is 4.68 Å². The summed E-state index contributed by atoms with van der Waals surface area (Å²) in [7, 11) is 1.95. The standard InChI is InChI=1S/C16H19N5/c1-3-21-16-7-5-4-6-12(16)14(20-21)10-15(17-2)13-8-9-18-11-19-13/h4-9,11,15,17H,3,10H2,1-2H3. The van der Waals surface area contributed by atoms with Gasteiger partial charge in [-0.25, -0.2) is 9.97 Å². The number of rotatable bonds is 5. The molecule has 5 heteroatoms. The van der Waals surface area contributed by atoms with Gasteiger partial charge in [-0.2, -0.15) is 5.10 Å². The van der Waals surface area contributed by atoms with E-state index in [2.05, 4.69) is 51.2 Å². The molecule has 0 spiro atoms. The van der Waals surface area contributed by atoms with Crippen molar-refractivity contribution < 1.29 is 0 Å². The minimum atomic E-state index is 0.136. The van der Waals surface area contributed by atoms with E-state index in [9.17, 15) is 0 Å². The van der Waals surface area contributed by atoms with Gasteiger partial charge in [-0.05, 0) is 26.1 Å². The first kappa shape index (κ1) is 13.7. The first-order chi connectivity index (χ1) is 10.3. The molecule has 1 unspecified atom stereocenters. The van der Waals surface area contributed by atoms with E-state index in [4.69, 9.17) is 5.10 Å². The molecule has 1 atom stereocenters. The average Bonchev–Trinajstić information content (AvgIpc) is 2.91. The Hall–Kier alpha value is -2.27. The normalized spacial score (nSPS) is 12.7. The lowest BCUT2D eigenvalue weighted by molar-refractivity contribution is 0.558. The molecule has 3 aromatic rings. The van der Waals surface area contributed by atoms with Gasteiger partial charge < -0.3 is 5.32 Å². The lowest BCUT2D eigenvalue weighted by Crippen LogP contribution is -2.20. The number of hydrogen-bond donors (Lipinski definition) is 1. The van der Waals surface area contributed by atoms with Crippen molar-refractivity contribution in [1.82, 2.24) is 25.1 Å². The first-order valence-electron chi connectivity index (χ1n) is 7.21. The summed E-state index contributed by atoms with van der Waals surface area (Å²) >= 11 is 0. The highest BCUT2D eigenvalue weighted by atomic mass is 15.3. The minimum absolute atomic E-state index is 0.136. The van der Waals surface area contributed by atoms with Gasteiger partial charge in [0.05, 0.1) is 22.9 Å². The molecule has 0 aliphatic carbocycles. The maximum Gasteiger partial charge on any atom is 0.115 e. The molecule has 1 N–H and O–H groups in total. The van der Waals surface area contributed by atoms with Gasteiger partial charge in [-0.1, -0.05) is 18.2 Å². The number of nitrogens with one attached hydrogen (secondary N) is 1. The second kappa shape index (κ2) is 6.01. The zero-order chi connectivity index (χ0) is 14.7. The summed E-state index contributed by atoms with van der Waals surface area (Å²) in [6.07, 6.45) is 4.17. The van der Waals surface area contributed by atoms with E-state index in [1.807, 2.05) is 13.1 Å². The van der Waals surface area contributed by atoms with E-state index in [-0.39, 0.29) is 6.04 Å². The number of aryl methyl sites for hydroxylation is 1. The Kier molecular flexibility index (Phi) is 3.92. The van der Waals surface area contributed by atoms with Crippen LogP contribution in [0.5, 0.6) is 0 Å². The quantitative estimate of drug-likeness (QED) is 0.780. The summed E-state index contributed by atoms with van der Waals surface area (Å²) in [5, 5.41) is 9.29. The Labute approximate surface area is 124 Å². The van der Waals surface area contributed by atoms with Gasteiger partial charge >= 0.3 is 0 Å². The molecular formula is C16H19N5. The van der Waals surface area contributed by atoms with Gasteiger partial charge in [0.25, 0.3) is 0 Å². The van der Waals surface area contributed by atoms with Gasteiger partial charge in [0.15, 0.2) is 0 Å². The Morgan fingerprint density at radius 3 is 2.81 bits per heavy atom. The van der Waals surface area contributed by atoms with Crippen molar-refractivity contribution in [3.63, 3.8) is 0 Å². The van der Waals surface area contributed by atoms with Crippen LogP contribution in [0, 0.1) is 0 Å². The maximum atomic E-state index is 4.75. The summed E-state index contributed by atoms with van der Waals surface area (Å²) in [6, 6.07) is 10.5. The molecule has 108 valence electrons. The molecule has 2 aromatic heterocycles. The van der Waals surface area contributed by atoms with Crippen LogP contribution >= 0.6 is 0 Å². The van der Waals surface area contributed by atoms with E-state index in [1.165, 1.54) is 10.9 Å². The highest BCUT2D eigenvalue weighted by molar-refractivity contribution is 5.82. The zero-order valence-electron chi connectivity index (χ0n) is 12.3. The van der Waals surface area contributed by atoms with Crippen LogP contribution < -0.4 is 5.32 Å². The van der Waals surface area contributed by atoms with E-state index in [0.717, 1.165) is 24.4 Å². The maximum absolute atomic E-state index is 4.75. The highest BCUT2D eigenvalue weighted by Crippen LogP contribution is 2.23. The van der Waals surface area contributed by atoms with Crippen LogP contribution in [0.15, 0.2) is 42.9 Å². The number of hydrogen-bond acceptors (Lipinski definition) is 4. The van der Waals surface area contributed by atoms with Gasteiger partial charge in [0.2, 0.25) is 0 Å². The molecule has 0 aliphatic heterocycles. The Morgan fingerprint density at radius 2 is 2.10 bits per heavy atom. The third kappa shape index (κ3) is 2.64. The molecule has 21 heavy (non-hydrogen) atoms. The second-order valence-electron chi connectivity index (χ2n) is 4.96. The van der Waals surface area contributed by atoms with Crippen molar-refractivity contribution >= 4 is 10.9 Å². The molecule has 1 aromatic carbocycles. The lowest BCUT2D eigenvalue weighted by atomic mass is 10.1. The van der Waals surface area contributed by atoms with E-state index in [0.29, 0.717) is 0 Å². The Balaban J connectivity index is 1.97. The topological polar surface area (TPSA) is 55.6 Å². The van der Waals surface area contributed by atoms with E-state index >= 15 is 0 Å². The molecule has 3 rings (SSSR count). The summed E-state index contributed by atoms with van der Waals surface area (Å²) < 4.78 is 2.05. The number of fused-ring (bicyclic) bond motifs is 1. The van der Waals surface area contributed by atoms with Crippen molar-refractivity contribution in [3.8, 4) is 0 Å². The van der Waals surface area contributed by atoms with Crippen LogP contribution in [-0.4, -0.2) is 26.8 Å².